The summed E-state index contributed by atoms with van der Waals surface area (Å²) >= 11 is 4.95. The maximum atomic E-state index is 12.4. The van der Waals surface area contributed by atoms with Gasteiger partial charge in [0.05, 0.1) is 11.8 Å². The number of amides is 1. The fourth-order valence-corrected chi connectivity index (χ4v) is 4.08. The van der Waals surface area contributed by atoms with E-state index in [0.29, 0.717) is 5.13 Å². The first-order valence-electron chi connectivity index (χ1n) is 10.2. The molecule has 7 heteroatoms. The number of benzene rings is 2. The zero-order valence-electron chi connectivity index (χ0n) is 18.4. The number of thiazole rings is 1. The molecule has 3 aromatic rings. The van der Waals surface area contributed by atoms with Gasteiger partial charge in [0, 0.05) is 15.4 Å². The number of ether oxygens (including phenoxy) is 2. The Hall–Kier alpha value is -2.38. The third-order valence-corrected chi connectivity index (χ3v) is 6.16. The molecule has 1 aromatic heterocycles. The summed E-state index contributed by atoms with van der Waals surface area (Å²) in [7, 11) is 0. The standard InChI is InChI=1S/C24H27BrN2O3S/c1-14(2)19-11-20(25)16(5)10-22(19)29-12-23(28)27-24-26-21(13-31-24)17-6-8-18(9-7-17)30-15(3)4/h6-11,13-15H,12H2,1-5H3,(H,26,27,28). The van der Waals surface area contributed by atoms with Crippen LogP contribution in [0.5, 0.6) is 11.5 Å². The molecule has 3 rings (SSSR count). The molecule has 0 atom stereocenters. The molecular formula is C24H27BrN2O3S. The molecule has 0 bridgehead atoms. The number of hydrogen-bond acceptors (Lipinski definition) is 5. The second-order valence-electron chi connectivity index (χ2n) is 7.86. The van der Waals surface area contributed by atoms with E-state index >= 15 is 0 Å². The molecule has 164 valence electrons. The number of anilines is 1. The third kappa shape index (κ3) is 6.31. The highest BCUT2D eigenvalue weighted by Crippen LogP contribution is 2.32. The fraction of sp³-hybridized carbons (Fsp3) is 0.333. The van der Waals surface area contributed by atoms with Crippen molar-refractivity contribution in [1.29, 1.82) is 0 Å². The second-order valence-corrected chi connectivity index (χ2v) is 9.57. The molecule has 2 aromatic carbocycles. The number of halogens is 1. The number of rotatable bonds is 8. The van der Waals surface area contributed by atoms with Gasteiger partial charge < -0.3 is 9.47 Å². The van der Waals surface area contributed by atoms with Gasteiger partial charge in [-0.25, -0.2) is 4.98 Å². The van der Waals surface area contributed by atoms with Crippen LogP contribution in [-0.2, 0) is 4.79 Å². The lowest BCUT2D eigenvalue weighted by Crippen LogP contribution is -2.20. The van der Waals surface area contributed by atoms with E-state index < -0.39 is 0 Å². The molecule has 0 saturated carbocycles. The van der Waals surface area contributed by atoms with Crippen molar-refractivity contribution in [2.45, 2.75) is 46.6 Å². The van der Waals surface area contributed by atoms with E-state index in [0.717, 1.165) is 38.4 Å². The Balaban J connectivity index is 1.61. The van der Waals surface area contributed by atoms with Gasteiger partial charge in [0.2, 0.25) is 0 Å². The number of nitrogens with zero attached hydrogens (tertiary/aromatic N) is 1. The molecule has 0 aliphatic heterocycles. The van der Waals surface area contributed by atoms with Crippen LogP contribution in [0.15, 0.2) is 46.3 Å². The lowest BCUT2D eigenvalue weighted by Gasteiger charge is -2.15. The van der Waals surface area contributed by atoms with Gasteiger partial charge in [-0.1, -0.05) is 29.8 Å². The van der Waals surface area contributed by atoms with Crippen molar-refractivity contribution in [3.63, 3.8) is 0 Å². The number of hydrogen-bond donors (Lipinski definition) is 1. The van der Waals surface area contributed by atoms with E-state index in [4.69, 9.17) is 9.47 Å². The van der Waals surface area contributed by atoms with Crippen LogP contribution in [0, 0.1) is 6.92 Å². The van der Waals surface area contributed by atoms with Crippen molar-refractivity contribution in [3.05, 3.63) is 57.4 Å². The quantitative estimate of drug-likeness (QED) is 0.367. The molecule has 1 heterocycles. The van der Waals surface area contributed by atoms with E-state index in [1.54, 1.807) is 0 Å². The molecule has 1 amide bonds. The number of aryl methyl sites for hydroxylation is 1. The highest BCUT2D eigenvalue weighted by molar-refractivity contribution is 9.10. The maximum absolute atomic E-state index is 12.4. The van der Waals surface area contributed by atoms with Crippen molar-refractivity contribution in [3.8, 4) is 22.8 Å². The number of carbonyl (C=O) groups excluding carboxylic acids is 1. The summed E-state index contributed by atoms with van der Waals surface area (Å²) in [6.45, 7) is 10.1. The van der Waals surface area contributed by atoms with Crippen LogP contribution in [-0.4, -0.2) is 23.6 Å². The summed E-state index contributed by atoms with van der Waals surface area (Å²) in [5.41, 5.74) is 3.90. The first kappa shape index (κ1) is 23.3. The molecule has 0 aliphatic carbocycles. The van der Waals surface area contributed by atoms with Crippen LogP contribution in [0.25, 0.3) is 11.3 Å². The van der Waals surface area contributed by atoms with Crippen molar-refractivity contribution >= 4 is 38.3 Å². The number of aromatic nitrogens is 1. The molecule has 5 nitrogen and oxygen atoms in total. The Morgan fingerprint density at radius 1 is 1.16 bits per heavy atom. The van der Waals surface area contributed by atoms with E-state index in [1.807, 2.05) is 56.5 Å². The van der Waals surface area contributed by atoms with Crippen LogP contribution in [0.3, 0.4) is 0 Å². The zero-order chi connectivity index (χ0) is 22.5. The second kappa shape index (κ2) is 10.3. The Bertz CT molecular complexity index is 1050. The predicted molar refractivity (Wildman–Crippen MR) is 130 cm³/mol. The highest BCUT2D eigenvalue weighted by Gasteiger charge is 2.14. The maximum Gasteiger partial charge on any atom is 0.264 e. The van der Waals surface area contributed by atoms with Crippen molar-refractivity contribution in [1.82, 2.24) is 4.98 Å². The van der Waals surface area contributed by atoms with Crippen molar-refractivity contribution < 1.29 is 14.3 Å². The summed E-state index contributed by atoms with van der Waals surface area (Å²) in [6.07, 6.45) is 0.132. The summed E-state index contributed by atoms with van der Waals surface area (Å²) in [5.74, 6) is 1.60. The van der Waals surface area contributed by atoms with Crippen LogP contribution in [0.1, 0.15) is 44.7 Å². The molecule has 0 spiro atoms. The smallest absolute Gasteiger partial charge is 0.264 e. The van der Waals surface area contributed by atoms with Crippen LogP contribution < -0.4 is 14.8 Å². The Labute approximate surface area is 195 Å². The summed E-state index contributed by atoms with van der Waals surface area (Å²) in [6, 6.07) is 11.8. The number of carbonyl (C=O) groups is 1. The highest BCUT2D eigenvalue weighted by atomic mass is 79.9. The molecule has 1 N–H and O–H groups in total. The van der Waals surface area contributed by atoms with Gasteiger partial charge in [0.25, 0.3) is 5.91 Å². The van der Waals surface area contributed by atoms with Gasteiger partial charge in [0.15, 0.2) is 11.7 Å². The van der Waals surface area contributed by atoms with E-state index in [2.05, 4.69) is 46.1 Å². The summed E-state index contributed by atoms with van der Waals surface area (Å²) < 4.78 is 12.5. The Morgan fingerprint density at radius 2 is 1.87 bits per heavy atom. The average Bonchev–Trinajstić information content (AvgIpc) is 3.17. The predicted octanol–water partition coefficient (Wildman–Crippen LogP) is 6.81. The Morgan fingerprint density at radius 3 is 2.52 bits per heavy atom. The molecule has 31 heavy (non-hydrogen) atoms. The van der Waals surface area contributed by atoms with Crippen LogP contribution >= 0.6 is 27.3 Å². The fourth-order valence-electron chi connectivity index (χ4n) is 2.99. The van der Waals surface area contributed by atoms with Gasteiger partial charge >= 0.3 is 0 Å². The zero-order valence-corrected chi connectivity index (χ0v) is 20.8. The van der Waals surface area contributed by atoms with Crippen molar-refractivity contribution in [2.75, 3.05) is 11.9 Å². The molecule has 0 fully saturated rings. The average molecular weight is 503 g/mol. The van der Waals surface area contributed by atoms with Gasteiger partial charge in [-0.3, -0.25) is 10.1 Å². The van der Waals surface area contributed by atoms with Gasteiger partial charge in [-0.15, -0.1) is 11.3 Å². The number of nitrogens with one attached hydrogen (secondary N) is 1. The topological polar surface area (TPSA) is 60.5 Å². The van der Waals surface area contributed by atoms with Crippen LogP contribution in [0.2, 0.25) is 0 Å². The SMILES string of the molecule is Cc1cc(OCC(=O)Nc2nc(-c3ccc(OC(C)C)cc3)cs2)c(C(C)C)cc1Br. The summed E-state index contributed by atoms with van der Waals surface area (Å²) in [5, 5.41) is 5.29. The lowest BCUT2D eigenvalue weighted by atomic mass is 10.0. The van der Waals surface area contributed by atoms with Crippen LogP contribution in [0.4, 0.5) is 5.13 Å². The minimum absolute atomic E-state index is 0.0725. The molecule has 0 radical (unpaired) electrons. The first-order chi connectivity index (χ1) is 14.7. The minimum Gasteiger partial charge on any atom is -0.491 e. The monoisotopic (exact) mass is 502 g/mol. The molecular weight excluding hydrogens is 476 g/mol. The first-order valence-corrected chi connectivity index (χ1v) is 11.9. The van der Waals surface area contributed by atoms with E-state index in [1.165, 1.54) is 11.3 Å². The molecule has 0 saturated heterocycles. The molecule has 0 unspecified atom stereocenters. The largest absolute Gasteiger partial charge is 0.491 e. The third-order valence-electron chi connectivity index (χ3n) is 4.54. The summed E-state index contributed by atoms with van der Waals surface area (Å²) in [4.78, 5) is 16.9. The van der Waals surface area contributed by atoms with Gasteiger partial charge in [0.1, 0.15) is 11.5 Å². The Kier molecular flexibility index (Phi) is 7.73. The van der Waals surface area contributed by atoms with Gasteiger partial charge in [-0.2, -0.15) is 0 Å². The van der Waals surface area contributed by atoms with E-state index in [9.17, 15) is 4.79 Å². The lowest BCUT2D eigenvalue weighted by molar-refractivity contribution is -0.118. The minimum atomic E-state index is -0.239. The van der Waals surface area contributed by atoms with Gasteiger partial charge in [-0.05, 0) is 74.2 Å². The molecule has 0 aliphatic rings. The van der Waals surface area contributed by atoms with E-state index in [-0.39, 0.29) is 24.5 Å². The van der Waals surface area contributed by atoms with Crippen molar-refractivity contribution in [2.24, 2.45) is 0 Å². The normalized spacial score (nSPS) is 11.1.